The zero-order chi connectivity index (χ0) is 17.4. The number of hydrogen-bond acceptors (Lipinski definition) is 2. The zero-order valence-electron chi connectivity index (χ0n) is 14.9. The molecule has 0 aliphatic carbocycles. The van der Waals surface area contributed by atoms with E-state index in [-0.39, 0.29) is 5.04 Å². The van der Waals surface area contributed by atoms with Crippen LogP contribution in [-0.4, -0.2) is 30.6 Å². The largest absolute Gasteiger partial charge is 0.478 e. The van der Waals surface area contributed by atoms with E-state index >= 15 is 0 Å². The van der Waals surface area contributed by atoms with E-state index in [9.17, 15) is 9.90 Å². The van der Waals surface area contributed by atoms with Gasteiger partial charge in [0, 0.05) is 17.8 Å². The van der Waals surface area contributed by atoms with Crippen molar-refractivity contribution in [3.63, 3.8) is 0 Å². The molecule has 1 aromatic carbocycles. The first-order valence-electron chi connectivity index (χ1n) is 8.00. The number of benzene rings is 1. The Labute approximate surface area is 139 Å². The van der Waals surface area contributed by atoms with E-state index in [2.05, 4.69) is 44.5 Å². The number of carboxylic acids is 1. The Kier molecular flexibility index (Phi) is 4.73. The van der Waals surface area contributed by atoms with Gasteiger partial charge in [-0.25, -0.2) is 4.79 Å². The molecule has 0 saturated carbocycles. The predicted molar refractivity (Wildman–Crippen MR) is 96.8 cm³/mol. The molecule has 0 aliphatic heterocycles. The molecule has 0 spiro atoms. The van der Waals surface area contributed by atoms with Crippen molar-refractivity contribution >= 4 is 25.2 Å². The predicted octanol–water partition coefficient (Wildman–Crippen LogP) is 4.67. The highest BCUT2D eigenvalue weighted by atomic mass is 28.4. The van der Waals surface area contributed by atoms with Crippen LogP contribution in [0.2, 0.25) is 18.1 Å². The second kappa shape index (κ2) is 6.13. The third kappa shape index (κ3) is 3.67. The van der Waals surface area contributed by atoms with E-state index in [0.29, 0.717) is 12.2 Å². The maximum Gasteiger partial charge on any atom is 0.335 e. The van der Waals surface area contributed by atoms with Crippen molar-refractivity contribution in [1.82, 2.24) is 4.57 Å². The highest BCUT2D eigenvalue weighted by Crippen LogP contribution is 2.36. The molecule has 2 rings (SSSR count). The lowest BCUT2D eigenvalue weighted by atomic mass is 10.1. The van der Waals surface area contributed by atoms with Gasteiger partial charge in [0.2, 0.25) is 0 Å². The molecule has 0 bridgehead atoms. The number of hydrogen-bond donors (Lipinski definition) is 1. The van der Waals surface area contributed by atoms with E-state index in [4.69, 9.17) is 4.43 Å². The summed E-state index contributed by atoms with van der Waals surface area (Å²) in [4.78, 5) is 11.2. The van der Waals surface area contributed by atoms with Gasteiger partial charge in [-0.15, -0.1) is 0 Å². The molecule has 126 valence electrons. The molecule has 1 aromatic heterocycles. The molecule has 0 radical (unpaired) electrons. The molecule has 0 aliphatic rings. The summed E-state index contributed by atoms with van der Waals surface area (Å²) < 4.78 is 8.40. The van der Waals surface area contributed by atoms with Crippen LogP contribution in [0.25, 0.3) is 10.9 Å². The van der Waals surface area contributed by atoms with Crippen molar-refractivity contribution in [2.75, 3.05) is 6.61 Å². The monoisotopic (exact) mass is 333 g/mol. The Balaban J connectivity index is 2.21. The highest BCUT2D eigenvalue weighted by molar-refractivity contribution is 6.74. The molecule has 0 saturated heterocycles. The Morgan fingerprint density at radius 2 is 1.91 bits per heavy atom. The standard InChI is InChI=1S/C18H27NO3Si/c1-13-11-14-7-8-15(17(20)21)12-16(14)19(13)9-10-22-23(5,6)18(2,3)4/h7-8,11-12H,9-10H2,1-6H3,(H,20,21). The van der Waals surface area contributed by atoms with E-state index in [1.165, 1.54) is 0 Å². The molecular weight excluding hydrogens is 306 g/mol. The van der Waals surface area contributed by atoms with Crippen LogP contribution in [0.1, 0.15) is 36.8 Å². The van der Waals surface area contributed by atoms with Crippen molar-refractivity contribution in [2.45, 2.75) is 52.4 Å². The third-order valence-electron chi connectivity index (χ3n) is 4.94. The summed E-state index contributed by atoms with van der Waals surface area (Å²) in [6, 6.07) is 7.36. The van der Waals surface area contributed by atoms with Crippen LogP contribution in [0.4, 0.5) is 0 Å². The van der Waals surface area contributed by atoms with Crippen LogP contribution >= 0.6 is 0 Å². The molecular formula is C18H27NO3Si. The fraction of sp³-hybridized carbons (Fsp3) is 0.500. The summed E-state index contributed by atoms with van der Waals surface area (Å²) in [6.45, 7) is 14.6. The summed E-state index contributed by atoms with van der Waals surface area (Å²) in [5.41, 5.74) is 2.41. The van der Waals surface area contributed by atoms with Gasteiger partial charge in [-0.3, -0.25) is 0 Å². The molecule has 2 aromatic rings. The second-order valence-electron chi connectivity index (χ2n) is 7.62. The zero-order valence-corrected chi connectivity index (χ0v) is 15.9. The summed E-state index contributed by atoms with van der Waals surface area (Å²) in [7, 11) is -1.76. The normalized spacial score (nSPS) is 12.8. The maximum absolute atomic E-state index is 11.2. The van der Waals surface area contributed by atoms with Gasteiger partial charge < -0.3 is 14.1 Å². The van der Waals surface area contributed by atoms with Crippen LogP contribution in [0.15, 0.2) is 24.3 Å². The number of nitrogens with zero attached hydrogens (tertiary/aromatic N) is 1. The van der Waals surface area contributed by atoms with E-state index in [1.807, 2.05) is 13.0 Å². The van der Waals surface area contributed by atoms with Crippen LogP contribution in [-0.2, 0) is 11.0 Å². The topological polar surface area (TPSA) is 51.5 Å². The maximum atomic E-state index is 11.2. The first-order valence-corrected chi connectivity index (χ1v) is 10.9. The molecule has 5 heteroatoms. The Bertz CT molecular complexity index is 726. The second-order valence-corrected chi connectivity index (χ2v) is 12.4. The van der Waals surface area contributed by atoms with Gasteiger partial charge in [0.1, 0.15) is 0 Å². The molecule has 4 nitrogen and oxygen atoms in total. The SMILES string of the molecule is Cc1cc2ccc(C(=O)O)cc2n1CCO[Si](C)(C)C(C)(C)C. The number of carbonyl (C=O) groups is 1. The van der Waals surface area contributed by atoms with Crippen LogP contribution in [0.5, 0.6) is 0 Å². The average Bonchev–Trinajstić information content (AvgIpc) is 2.72. The summed E-state index contributed by atoms with van der Waals surface area (Å²) in [6.07, 6.45) is 0. The molecule has 1 heterocycles. The number of rotatable bonds is 5. The number of fused-ring (bicyclic) bond motifs is 1. The number of aryl methyl sites for hydroxylation is 1. The van der Waals surface area contributed by atoms with Gasteiger partial charge in [0.25, 0.3) is 0 Å². The number of aromatic nitrogens is 1. The molecule has 0 fully saturated rings. The smallest absolute Gasteiger partial charge is 0.335 e. The van der Waals surface area contributed by atoms with Crippen LogP contribution in [0.3, 0.4) is 0 Å². The molecule has 23 heavy (non-hydrogen) atoms. The van der Waals surface area contributed by atoms with Gasteiger partial charge in [-0.2, -0.15) is 0 Å². The van der Waals surface area contributed by atoms with Gasteiger partial charge in [-0.1, -0.05) is 26.8 Å². The lowest BCUT2D eigenvalue weighted by Crippen LogP contribution is -2.41. The minimum atomic E-state index is -1.76. The van der Waals surface area contributed by atoms with Crippen molar-refractivity contribution in [2.24, 2.45) is 0 Å². The fourth-order valence-corrected chi connectivity index (χ4v) is 3.47. The summed E-state index contributed by atoms with van der Waals surface area (Å²) in [5, 5.41) is 10.4. The summed E-state index contributed by atoms with van der Waals surface area (Å²) >= 11 is 0. The first-order chi connectivity index (χ1) is 10.5. The van der Waals surface area contributed by atoms with Crippen molar-refractivity contribution in [1.29, 1.82) is 0 Å². The van der Waals surface area contributed by atoms with E-state index in [0.717, 1.165) is 23.1 Å². The fourth-order valence-electron chi connectivity index (χ4n) is 2.43. The number of aromatic carboxylic acids is 1. The highest BCUT2D eigenvalue weighted by Gasteiger charge is 2.36. The van der Waals surface area contributed by atoms with E-state index < -0.39 is 14.3 Å². The van der Waals surface area contributed by atoms with Crippen molar-refractivity contribution in [3.05, 3.63) is 35.5 Å². The quantitative estimate of drug-likeness (QED) is 0.809. The Hall–Kier alpha value is -1.59. The Morgan fingerprint density at radius 3 is 2.48 bits per heavy atom. The van der Waals surface area contributed by atoms with Gasteiger partial charge in [0.15, 0.2) is 8.32 Å². The minimum absolute atomic E-state index is 0.192. The van der Waals surface area contributed by atoms with Crippen LogP contribution < -0.4 is 0 Å². The number of carboxylic acid groups (broad SMARTS) is 1. The van der Waals surface area contributed by atoms with Crippen LogP contribution in [0, 0.1) is 6.92 Å². The lowest BCUT2D eigenvalue weighted by molar-refractivity contribution is 0.0697. The molecule has 1 N–H and O–H groups in total. The van der Waals surface area contributed by atoms with E-state index in [1.54, 1.807) is 12.1 Å². The molecule has 0 atom stereocenters. The van der Waals surface area contributed by atoms with Gasteiger partial charge >= 0.3 is 5.97 Å². The minimum Gasteiger partial charge on any atom is -0.478 e. The van der Waals surface area contributed by atoms with Crippen molar-refractivity contribution in [3.8, 4) is 0 Å². The average molecular weight is 334 g/mol. The summed E-state index contributed by atoms with van der Waals surface area (Å²) in [5.74, 6) is -0.894. The molecule has 0 unspecified atom stereocenters. The Morgan fingerprint density at radius 1 is 1.26 bits per heavy atom. The molecule has 0 amide bonds. The first kappa shape index (κ1) is 17.8. The lowest BCUT2D eigenvalue weighted by Gasteiger charge is -2.36. The third-order valence-corrected chi connectivity index (χ3v) is 9.48. The van der Waals surface area contributed by atoms with Gasteiger partial charge in [-0.05, 0) is 48.6 Å². The van der Waals surface area contributed by atoms with Gasteiger partial charge in [0.05, 0.1) is 12.2 Å². The van der Waals surface area contributed by atoms with Crippen molar-refractivity contribution < 1.29 is 14.3 Å².